The number of methoxy groups -OCH3 is 2. The van der Waals surface area contributed by atoms with Crippen LogP contribution in [0.2, 0.25) is 0 Å². The lowest BCUT2D eigenvalue weighted by molar-refractivity contribution is 0.406. The third-order valence-corrected chi connectivity index (χ3v) is 5.51. The highest BCUT2D eigenvalue weighted by Crippen LogP contribution is 2.41. The zero-order valence-corrected chi connectivity index (χ0v) is 20.6. The first-order valence-corrected chi connectivity index (χ1v) is 12.4. The number of hydrogen-bond acceptors (Lipinski definition) is 6. The van der Waals surface area contributed by atoms with Gasteiger partial charge in [-0.3, -0.25) is 0 Å². The van der Waals surface area contributed by atoms with Gasteiger partial charge in [-0.05, 0) is 61.4 Å². The van der Waals surface area contributed by atoms with E-state index in [2.05, 4.69) is 5.32 Å². The minimum absolute atomic E-state index is 0.211. The highest BCUT2D eigenvalue weighted by atomic mass is 32.2. The summed E-state index contributed by atoms with van der Waals surface area (Å²) in [7, 11) is -0.519. The van der Waals surface area contributed by atoms with Crippen LogP contribution in [0.15, 0.2) is 66.2 Å². The fourth-order valence-electron chi connectivity index (χ4n) is 3.40. The molecule has 0 radical (unpaired) electrons. The van der Waals surface area contributed by atoms with E-state index in [4.69, 9.17) is 13.7 Å². The molecule has 180 valence electrons. The van der Waals surface area contributed by atoms with Gasteiger partial charge >= 0.3 is 10.1 Å². The van der Waals surface area contributed by atoms with Gasteiger partial charge in [-0.2, -0.15) is 8.42 Å². The lowest BCUT2D eigenvalue weighted by atomic mass is 9.97. The molecule has 0 saturated heterocycles. The molecule has 0 unspecified atom stereocenters. The second-order valence-corrected chi connectivity index (χ2v) is 9.50. The maximum atomic E-state index is 14.8. The van der Waals surface area contributed by atoms with Crippen molar-refractivity contribution < 1.29 is 26.5 Å². The smallest absolute Gasteiger partial charge is 0.306 e. The fraction of sp³-hybridized carbons (Fsp3) is 0.231. The number of ether oxygens (including phenoxy) is 2. The largest absolute Gasteiger partial charge is 0.496 e. The Morgan fingerprint density at radius 1 is 0.912 bits per heavy atom. The van der Waals surface area contributed by atoms with Crippen LogP contribution in [0.25, 0.3) is 22.3 Å². The van der Waals surface area contributed by atoms with Crippen LogP contribution in [-0.4, -0.2) is 35.4 Å². The summed E-state index contributed by atoms with van der Waals surface area (Å²) in [6.07, 6.45) is 2.97. The van der Waals surface area contributed by atoms with E-state index in [1.165, 1.54) is 6.07 Å². The van der Waals surface area contributed by atoms with E-state index in [1.54, 1.807) is 56.7 Å². The summed E-state index contributed by atoms with van der Waals surface area (Å²) < 4.78 is 53.6. The molecule has 0 aliphatic heterocycles. The van der Waals surface area contributed by atoms with Crippen molar-refractivity contribution in [2.75, 3.05) is 32.3 Å². The standard InChI is InChI=1S/C26H28FNO5S/c1-17(2)12-13-28-24-11-8-19(14-23(24)27)22-16-25(31-3)21(15-26(22)32-4)18-6-9-20(10-7-18)33-34(5,29)30/h6-12,14-16,28H,13H2,1-5H3. The molecule has 0 aliphatic carbocycles. The summed E-state index contributed by atoms with van der Waals surface area (Å²) in [5, 5.41) is 3.07. The van der Waals surface area contributed by atoms with Crippen molar-refractivity contribution in [3.8, 4) is 39.5 Å². The van der Waals surface area contributed by atoms with E-state index in [1.807, 2.05) is 26.0 Å². The molecule has 0 heterocycles. The quantitative estimate of drug-likeness (QED) is 0.301. The van der Waals surface area contributed by atoms with Crippen LogP contribution < -0.4 is 19.0 Å². The summed E-state index contributed by atoms with van der Waals surface area (Å²) >= 11 is 0. The van der Waals surface area contributed by atoms with Crippen LogP contribution in [0, 0.1) is 5.82 Å². The first kappa shape index (κ1) is 25.1. The number of allylic oxidation sites excluding steroid dienone is 1. The predicted octanol–water partition coefficient (Wildman–Crippen LogP) is 5.89. The predicted molar refractivity (Wildman–Crippen MR) is 134 cm³/mol. The molecule has 6 nitrogen and oxygen atoms in total. The molecule has 34 heavy (non-hydrogen) atoms. The Bertz CT molecular complexity index is 1300. The maximum absolute atomic E-state index is 14.8. The van der Waals surface area contributed by atoms with Gasteiger partial charge in [0.15, 0.2) is 0 Å². The van der Waals surface area contributed by atoms with Crippen LogP contribution in [0.5, 0.6) is 17.2 Å². The maximum Gasteiger partial charge on any atom is 0.306 e. The van der Waals surface area contributed by atoms with Crippen molar-refractivity contribution in [3.05, 3.63) is 72.1 Å². The molecule has 3 aromatic carbocycles. The fourth-order valence-corrected chi connectivity index (χ4v) is 3.87. The summed E-state index contributed by atoms with van der Waals surface area (Å²) in [5.41, 5.74) is 4.39. The molecular formula is C26H28FNO5S. The number of rotatable bonds is 9. The molecular weight excluding hydrogens is 457 g/mol. The summed E-state index contributed by atoms with van der Waals surface area (Å²) in [6, 6.07) is 15.2. The van der Waals surface area contributed by atoms with Crippen molar-refractivity contribution in [2.45, 2.75) is 13.8 Å². The van der Waals surface area contributed by atoms with E-state index < -0.39 is 10.1 Å². The third-order valence-electron chi connectivity index (χ3n) is 5.02. The Morgan fingerprint density at radius 2 is 1.47 bits per heavy atom. The molecule has 0 aliphatic rings. The number of benzene rings is 3. The molecule has 0 atom stereocenters. The molecule has 3 aromatic rings. The zero-order chi connectivity index (χ0) is 24.9. The van der Waals surface area contributed by atoms with Crippen molar-refractivity contribution in [2.24, 2.45) is 0 Å². The van der Waals surface area contributed by atoms with Crippen LogP contribution in [0.1, 0.15) is 13.8 Å². The Kier molecular flexibility index (Phi) is 7.83. The Labute approximate surface area is 200 Å². The third kappa shape index (κ3) is 6.29. The normalized spacial score (nSPS) is 11.0. The second kappa shape index (κ2) is 10.6. The van der Waals surface area contributed by atoms with Gasteiger partial charge < -0.3 is 19.0 Å². The van der Waals surface area contributed by atoms with E-state index in [-0.39, 0.29) is 11.6 Å². The molecule has 0 aromatic heterocycles. The summed E-state index contributed by atoms with van der Waals surface area (Å²) in [4.78, 5) is 0. The SMILES string of the molecule is COc1cc(-c2ccc(NCC=C(C)C)c(F)c2)c(OC)cc1-c1ccc(OS(C)(=O)=O)cc1. The van der Waals surface area contributed by atoms with Gasteiger partial charge in [0.1, 0.15) is 23.1 Å². The van der Waals surface area contributed by atoms with Gasteiger partial charge in [0.2, 0.25) is 0 Å². The Morgan fingerprint density at radius 3 is 1.97 bits per heavy atom. The van der Waals surface area contributed by atoms with Gasteiger partial charge in [0.05, 0.1) is 26.2 Å². The number of anilines is 1. The molecule has 1 N–H and O–H groups in total. The van der Waals surface area contributed by atoms with E-state index >= 15 is 0 Å². The molecule has 0 bridgehead atoms. The number of hydrogen-bond donors (Lipinski definition) is 1. The molecule has 0 amide bonds. The average Bonchev–Trinajstić information content (AvgIpc) is 2.78. The van der Waals surface area contributed by atoms with E-state index in [0.717, 1.165) is 23.0 Å². The van der Waals surface area contributed by atoms with Crippen molar-refractivity contribution in [1.29, 1.82) is 0 Å². The monoisotopic (exact) mass is 485 g/mol. The highest BCUT2D eigenvalue weighted by Gasteiger charge is 2.16. The minimum atomic E-state index is -3.61. The van der Waals surface area contributed by atoms with Crippen LogP contribution in [0.4, 0.5) is 10.1 Å². The molecule has 0 spiro atoms. The molecule has 8 heteroatoms. The van der Waals surface area contributed by atoms with Gasteiger partial charge in [-0.25, -0.2) is 4.39 Å². The first-order chi connectivity index (χ1) is 16.1. The summed E-state index contributed by atoms with van der Waals surface area (Å²) in [6.45, 7) is 4.52. The van der Waals surface area contributed by atoms with Crippen molar-refractivity contribution >= 4 is 15.8 Å². The van der Waals surface area contributed by atoms with Gasteiger partial charge in [0.25, 0.3) is 0 Å². The van der Waals surface area contributed by atoms with Gasteiger partial charge in [-0.1, -0.05) is 29.8 Å². The molecule has 0 fully saturated rings. The minimum Gasteiger partial charge on any atom is -0.496 e. The van der Waals surface area contributed by atoms with E-state index in [9.17, 15) is 12.8 Å². The van der Waals surface area contributed by atoms with Crippen LogP contribution in [-0.2, 0) is 10.1 Å². The second-order valence-electron chi connectivity index (χ2n) is 7.92. The number of nitrogens with one attached hydrogen (secondary N) is 1. The van der Waals surface area contributed by atoms with Gasteiger partial charge in [0, 0.05) is 17.7 Å². The van der Waals surface area contributed by atoms with Crippen molar-refractivity contribution in [3.63, 3.8) is 0 Å². The topological polar surface area (TPSA) is 73.9 Å². The zero-order valence-electron chi connectivity index (χ0n) is 19.8. The lowest BCUT2D eigenvalue weighted by Crippen LogP contribution is -2.05. The number of halogens is 1. The molecule has 3 rings (SSSR count). The first-order valence-electron chi connectivity index (χ1n) is 10.5. The van der Waals surface area contributed by atoms with Crippen LogP contribution >= 0.6 is 0 Å². The van der Waals surface area contributed by atoms with Crippen molar-refractivity contribution in [1.82, 2.24) is 0 Å². The average molecular weight is 486 g/mol. The summed E-state index contributed by atoms with van der Waals surface area (Å²) in [5.74, 6) is 0.935. The van der Waals surface area contributed by atoms with Gasteiger partial charge in [-0.15, -0.1) is 0 Å². The Hall–Kier alpha value is -3.52. The van der Waals surface area contributed by atoms with E-state index in [0.29, 0.717) is 34.9 Å². The lowest BCUT2D eigenvalue weighted by Gasteiger charge is -2.16. The highest BCUT2D eigenvalue weighted by molar-refractivity contribution is 7.86. The Balaban J connectivity index is 1.97. The molecule has 0 saturated carbocycles. The van der Waals surface area contributed by atoms with Crippen LogP contribution in [0.3, 0.4) is 0 Å².